The third-order valence-electron chi connectivity index (χ3n) is 5.48. The van der Waals surface area contributed by atoms with E-state index in [2.05, 4.69) is 10.4 Å². The van der Waals surface area contributed by atoms with E-state index in [9.17, 15) is 13.2 Å². The fraction of sp³-hybridized carbons (Fsp3) is 0.444. The lowest BCUT2D eigenvalue weighted by molar-refractivity contribution is 0.131. The summed E-state index contributed by atoms with van der Waals surface area (Å²) in [5.41, 5.74) is 0. The summed E-state index contributed by atoms with van der Waals surface area (Å²) in [6.07, 6.45) is 0.745. The molecular weight excluding hydrogens is 450 g/mol. The molecule has 1 N–H and O–H groups in total. The minimum atomic E-state index is -3.62. The van der Waals surface area contributed by atoms with Crippen LogP contribution in [0.5, 0.6) is 0 Å². The van der Waals surface area contributed by atoms with Crippen molar-refractivity contribution in [3.63, 3.8) is 0 Å². The molecule has 4 heterocycles. The van der Waals surface area contributed by atoms with Crippen LogP contribution in [0.4, 0.5) is 4.79 Å². The quantitative estimate of drug-likeness (QED) is 0.725. The zero-order valence-electron chi connectivity index (χ0n) is 16.0. The van der Waals surface area contributed by atoms with E-state index in [1.54, 1.807) is 23.1 Å². The van der Waals surface area contributed by atoms with Crippen molar-refractivity contribution in [2.75, 3.05) is 39.5 Å². The molecule has 12 heteroatoms. The van der Waals surface area contributed by atoms with Crippen LogP contribution in [0.3, 0.4) is 0 Å². The van der Waals surface area contributed by atoms with E-state index in [0.717, 1.165) is 16.5 Å². The number of rotatable bonds is 2. The summed E-state index contributed by atoms with van der Waals surface area (Å²) in [5.74, 6) is 0.542. The highest BCUT2D eigenvalue weighted by Gasteiger charge is 2.36. The van der Waals surface area contributed by atoms with Crippen LogP contribution >= 0.6 is 22.9 Å². The fourth-order valence-corrected chi connectivity index (χ4v) is 7.06. The van der Waals surface area contributed by atoms with Crippen LogP contribution in [0, 0.1) is 0 Å². The van der Waals surface area contributed by atoms with Gasteiger partial charge in [0.1, 0.15) is 10.9 Å². The number of benzene rings is 1. The number of hydrogen-bond donors (Lipinski definition) is 1. The van der Waals surface area contributed by atoms with Gasteiger partial charge in [-0.2, -0.15) is 4.31 Å². The number of carbonyl (C=O) groups is 1. The monoisotopic (exact) mass is 469 g/mol. The molecule has 0 radical (unpaired) electrons. The lowest BCUT2D eigenvalue weighted by Gasteiger charge is -2.36. The molecule has 2 aromatic rings. The average molecular weight is 470 g/mol. The van der Waals surface area contributed by atoms with Crippen molar-refractivity contribution in [2.45, 2.75) is 16.7 Å². The molecule has 1 aromatic carbocycles. The van der Waals surface area contributed by atoms with Gasteiger partial charge in [-0.3, -0.25) is 5.32 Å². The van der Waals surface area contributed by atoms with Crippen molar-refractivity contribution in [3.8, 4) is 0 Å². The number of carbonyl (C=O) groups excluding carboxylic acids is 1. The number of hydrogen-bond acceptors (Lipinski definition) is 7. The van der Waals surface area contributed by atoms with E-state index in [0.29, 0.717) is 41.5 Å². The molecule has 3 aliphatic heterocycles. The van der Waals surface area contributed by atoms with E-state index >= 15 is 0 Å². The van der Waals surface area contributed by atoms with Gasteiger partial charge in [0.25, 0.3) is 10.0 Å². The summed E-state index contributed by atoms with van der Waals surface area (Å²) in [6.45, 7) is 2.04. The lowest BCUT2D eigenvalue weighted by atomic mass is 10.2. The SMILES string of the molecule is O=C(N1CCN(S(=O)(=O)c2cc3ccc(Cl)cc3s2)CC1)N1CCC2NCOC2=N1. The molecule has 2 fully saturated rings. The van der Waals surface area contributed by atoms with Crippen molar-refractivity contribution >= 4 is 55.0 Å². The molecule has 160 valence electrons. The number of sulfonamides is 1. The van der Waals surface area contributed by atoms with Crippen LogP contribution in [-0.2, 0) is 14.8 Å². The Balaban J connectivity index is 1.27. The summed E-state index contributed by atoms with van der Waals surface area (Å²) in [7, 11) is -3.62. The van der Waals surface area contributed by atoms with E-state index in [1.807, 2.05) is 6.07 Å². The number of fused-ring (bicyclic) bond motifs is 2. The lowest BCUT2D eigenvalue weighted by Crippen LogP contribution is -2.54. The first-order valence-electron chi connectivity index (χ1n) is 9.62. The number of amides is 2. The third kappa shape index (κ3) is 3.54. The second-order valence-electron chi connectivity index (χ2n) is 7.32. The second-order valence-corrected chi connectivity index (χ2v) is 11.0. The van der Waals surface area contributed by atoms with Crippen molar-refractivity contribution in [1.82, 2.24) is 19.5 Å². The van der Waals surface area contributed by atoms with E-state index < -0.39 is 10.0 Å². The Morgan fingerprint density at radius 3 is 2.80 bits per heavy atom. The van der Waals surface area contributed by atoms with Crippen LogP contribution in [0.15, 0.2) is 33.6 Å². The van der Waals surface area contributed by atoms with Crippen molar-refractivity contribution < 1.29 is 17.9 Å². The van der Waals surface area contributed by atoms with Gasteiger partial charge < -0.3 is 9.64 Å². The molecule has 1 aromatic heterocycles. The molecule has 0 bridgehead atoms. The standard InChI is InChI=1S/C18H20ClN5O4S2/c19-13-2-1-12-9-16(29-15(12)10-13)30(26,27)23-7-5-22(6-8-23)18(25)24-4-3-14-17(21-24)28-11-20-14/h1-2,9-10,14,20H,3-8,11H2. The topological polar surface area (TPSA) is 94.6 Å². The predicted octanol–water partition coefficient (Wildman–Crippen LogP) is 1.95. The zero-order valence-corrected chi connectivity index (χ0v) is 18.3. The number of halogens is 1. The largest absolute Gasteiger partial charge is 0.463 e. The van der Waals surface area contributed by atoms with Gasteiger partial charge in [-0.05, 0) is 30.0 Å². The smallest absolute Gasteiger partial charge is 0.340 e. The highest BCUT2D eigenvalue weighted by molar-refractivity contribution is 7.91. The maximum Gasteiger partial charge on any atom is 0.340 e. The van der Waals surface area contributed by atoms with Crippen LogP contribution < -0.4 is 5.32 Å². The van der Waals surface area contributed by atoms with Crippen LogP contribution in [0.25, 0.3) is 10.1 Å². The summed E-state index contributed by atoms with van der Waals surface area (Å²) in [5, 5.41) is 10.3. The zero-order chi connectivity index (χ0) is 20.9. The molecule has 0 spiro atoms. The highest BCUT2D eigenvalue weighted by atomic mass is 35.5. The molecule has 1 unspecified atom stereocenters. The van der Waals surface area contributed by atoms with Crippen LogP contribution in [0.2, 0.25) is 5.02 Å². The molecule has 2 amide bonds. The number of nitrogens with one attached hydrogen (secondary N) is 1. The molecule has 0 aliphatic carbocycles. The second kappa shape index (κ2) is 7.65. The van der Waals surface area contributed by atoms with Gasteiger partial charge in [0.05, 0.1) is 6.04 Å². The molecule has 3 aliphatic rings. The molecule has 1 atom stereocenters. The number of thiophene rings is 1. The maximum absolute atomic E-state index is 13.1. The molecular formula is C18H20ClN5O4S2. The Bertz CT molecular complexity index is 1130. The summed E-state index contributed by atoms with van der Waals surface area (Å²) < 4.78 is 34.1. The van der Waals surface area contributed by atoms with Crippen molar-refractivity contribution in [2.24, 2.45) is 5.10 Å². The van der Waals surface area contributed by atoms with Gasteiger partial charge in [-0.25, -0.2) is 18.2 Å². The molecule has 0 saturated carbocycles. The Kier molecular flexibility index (Phi) is 5.10. The van der Waals surface area contributed by atoms with Gasteiger partial charge in [0.2, 0.25) is 5.90 Å². The first kappa shape index (κ1) is 20.0. The Morgan fingerprint density at radius 1 is 1.20 bits per heavy atom. The van der Waals surface area contributed by atoms with Crippen LogP contribution in [0.1, 0.15) is 6.42 Å². The number of hydrazone groups is 1. The summed E-state index contributed by atoms with van der Waals surface area (Å²) >= 11 is 7.23. The predicted molar refractivity (Wildman–Crippen MR) is 114 cm³/mol. The molecule has 2 saturated heterocycles. The van der Waals surface area contributed by atoms with Gasteiger partial charge >= 0.3 is 6.03 Å². The minimum Gasteiger partial charge on any atom is -0.463 e. The summed E-state index contributed by atoms with van der Waals surface area (Å²) in [4.78, 5) is 14.5. The van der Waals surface area contributed by atoms with E-state index in [-0.39, 0.29) is 25.2 Å². The normalized spacial score (nSPS) is 22.7. The molecule has 5 rings (SSSR count). The first-order valence-corrected chi connectivity index (χ1v) is 12.3. The summed E-state index contributed by atoms with van der Waals surface area (Å²) in [6, 6.07) is 6.87. The first-order chi connectivity index (χ1) is 14.4. The van der Waals surface area contributed by atoms with E-state index in [1.165, 1.54) is 20.7 Å². The molecule has 30 heavy (non-hydrogen) atoms. The van der Waals surface area contributed by atoms with Gasteiger partial charge in [-0.15, -0.1) is 16.4 Å². The number of ether oxygens (including phenoxy) is 1. The van der Waals surface area contributed by atoms with Crippen molar-refractivity contribution in [1.29, 1.82) is 0 Å². The maximum atomic E-state index is 13.1. The van der Waals surface area contributed by atoms with Gasteiger partial charge in [0.15, 0.2) is 0 Å². The van der Waals surface area contributed by atoms with Crippen molar-refractivity contribution in [3.05, 3.63) is 29.3 Å². The van der Waals surface area contributed by atoms with Crippen LogP contribution in [-0.4, -0.2) is 80.1 Å². The average Bonchev–Trinajstić information content (AvgIpc) is 3.39. The number of nitrogens with zero attached hydrogens (tertiary/aromatic N) is 4. The minimum absolute atomic E-state index is 0.0761. The Morgan fingerprint density at radius 2 is 2.00 bits per heavy atom. The van der Waals surface area contributed by atoms with E-state index in [4.69, 9.17) is 16.3 Å². The number of piperazine rings is 1. The Labute approximate surface area is 182 Å². The molecule has 9 nitrogen and oxygen atoms in total. The van der Waals surface area contributed by atoms with Gasteiger partial charge in [0, 0.05) is 42.4 Å². The third-order valence-corrected chi connectivity index (χ3v) is 9.16. The number of urea groups is 1. The fourth-order valence-electron chi connectivity index (χ4n) is 3.80. The highest BCUT2D eigenvalue weighted by Crippen LogP contribution is 2.33. The van der Waals surface area contributed by atoms with Gasteiger partial charge in [-0.1, -0.05) is 17.7 Å². The Hall–Kier alpha value is -1.92.